The maximum atomic E-state index is 11.9. The van der Waals surface area contributed by atoms with Crippen LogP contribution < -0.4 is 10.8 Å². The molecule has 2 nitrogen and oxygen atoms in total. The van der Waals surface area contributed by atoms with Gasteiger partial charge < -0.3 is 10.8 Å². The summed E-state index contributed by atoms with van der Waals surface area (Å²) in [5.74, 6) is 0. The lowest BCUT2D eigenvalue weighted by atomic mass is 10.2. The van der Waals surface area contributed by atoms with Gasteiger partial charge in [0.1, 0.15) is 0 Å². The van der Waals surface area contributed by atoms with E-state index >= 15 is 0 Å². The average Bonchev–Trinajstić information content (AvgIpc) is 2.24. The van der Waals surface area contributed by atoms with Crippen LogP contribution in [-0.2, 0) is 0 Å². The van der Waals surface area contributed by atoms with E-state index in [4.69, 9.17) is 10.8 Å². The summed E-state index contributed by atoms with van der Waals surface area (Å²) in [6.07, 6.45) is -7.75. The molecule has 0 radical (unpaired) electrons. The SMILES string of the molecule is N[Si](N)(CCCCCC(F)(F)F)CCCCCC(F)(F)F. The molecule has 9 heteroatoms. The molecule has 0 aromatic heterocycles. The van der Waals surface area contributed by atoms with Crippen molar-refractivity contribution in [1.29, 1.82) is 0 Å². The molecule has 4 N–H and O–H groups in total. The highest BCUT2D eigenvalue weighted by atomic mass is 28.3. The summed E-state index contributed by atoms with van der Waals surface area (Å²) >= 11 is 0. The van der Waals surface area contributed by atoms with Crippen LogP contribution in [0.4, 0.5) is 26.3 Å². The Morgan fingerprint density at radius 3 is 1.19 bits per heavy atom. The van der Waals surface area contributed by atoms with Crippen molar-refractivity contribution in [3.8, 4) is 0 Å². The topological polar surface area (TPSA) is 52.0 Å². The normalized spacial score (nSPS) is 13.7. The highest BCUT2D eigenvalue weighted by molar-refractivity contribution is 6.73. The van der Waals surface area contributed by atoms with Gasteiger partial charge in [-0.2, -0.15) is 26.3 Å². The predicted molar refractivity (Wildman–Crippen MR) is 72.8 cm³/mol. The molecule has 128 valence electrons. The minimum absolute atomic E-state index is 0.0690. The molecular formula is C12H24F6N2Si. The maximum absolute atomic E-state index is 11.9. The fraction of sp³-hybridized carbons (Fsp3) is 1.00. The second-order valence-electron chi connectivity index (χ2n) is 5.58. The summed E-state index contributed by atoms with van der Waals surface area (Å²) in [6, 6.07) is 1.04. The number of unbranched alkanes of at least 4 members (excludes halogenated alkanes) is 4. The molecule has 0 fully saturated rings. The number of hydrogen-bond acceptors (Lipinski definition) is 2. The largest absolute Gasteiger partial charge is 0.389 e. The minimum atomic E-state index is -4.13. The molecule has 0 aliphatic heterocycles. The predicted octanol–water partition coefficient (Wildman–Crippen LogP) is 4.59. The second kappa shape index (κ2) is 8.99. The van der Waals surface area contributed by atoms with Gasteiger partial charge in [0.25, 0.3) is 0 Å². The lowest BCUT2D eigenvalue weighted by Gasteiger charge is -2.21. The molecule has 0 saturated carbocycles. The first-order chi connectivity index (χ1) is 9.41. The molecule has 0 atom stereocenters. The fourth-order valence-electron chi connectivity index (χ4n) is 2.04. The molecule has 0 rings (SSSR count). The Morgan fingerprint density at radius 2 is 0.905 bits per heavy atom. The van der Waals surface area contributed by atoms with Crippen LogP contribution in [0.1, 0.15) is 51.4 Å². The summed E-state index contributed by atoms with van der Waals surface area (Å²) in [7, 11) is -2.46. The second-order valence-corrected chi connectivity index (χ2v) is 9.05. The van der Waals surface area contributed by atoms with Crippen molar-refractivity contribution in [1.82, 2.24) is 0 Å². The molecule has 0 heterocycles. The zero-order valence-corrected chi connectivity index (χ0v) is 13.0. The molecule has 0 amide bonds. The maximum Gasteiger partial charge on any atom is 0.389 e. The average molecular weight is 338 g/mol. The van der Waals surface area contributed by atoms with Gasteiger partial charge in [0, 0.05) is 12.8 Å². The van der Waals surface area contributed by atoms with Gasteiger partial charge >= 0.3 is 12.4 Å². The Bertz CT molecular complexity index is 252. The van der Waals surface area contributed by atoms with E-state index in [1.54, 1.807) is 0 Å². The van der Waals surface area contributed by atoms with E-state index in [0.29, 0.717) is 37.8 Å². The Labute approximate surface area is 122 Å². The van der Waals surface area contributed by atoms with Crippen LogP contribution in [0.3, 0.4) is 0 Å². The zero-order valence-electron chi connectivity index (χ0n) is 12.0. The van der Waals surface area contributed by atoms with Crippen LogP contribution in [0.25, 0.3) is 0 Å². The Kier molecular flexibility index (Phi) is 8.87. The van der Waals surface area contributed by atoms with E-state index in [9.17, 15) is 26.3 Å². The minimum Gasteiger partial charge on any atom is -0.339 e. The van der Waals surface area contributed by atoms with Crippen LogP contribution >= 0.6 is 0 Å². The lowest BCUT2D eigenvalue weighted by Crippen LogP contribution is -2.55. The Hall–Kier alpha value is -0.283. The van der Waals surface area contributed by atoms with E-state index in [1.807, 2.05) is 0 Å². The monoisotopic (exact) mass is 338 g/mol. The standard InChI is InChI=1S/C12H24F6N2Si/c13-11(14,15)7-3-1-5-9-21(19,20)10-6-2-4-8-12(16,17)18/h1-10,19-20H2. The molecule has 0 saturated heterocycles. The van der Waals surface area contributed by atoms with Gasteiger partial charge in [-0.3, -0.25) is 0 Å². The number of halogens is 6. The van der Waals surface area contributed by atoms with E-state index in [2.05, 4.69) is 0 Å². The number of rotatable bonds is 10. The highest BCUT2D eigenvalue weighted by Crippen LogP contribution is 2.25. The molecule has 21 heavy (non-hydrogen) atoms. The van der Waals surface area contributed by atoms with Crippen molar-refractivity contribution in [2.75, 3.05) is 0 Å². The third-order valence-electron chi connectivity index (χ3n) is 3.20. The van der Waals surface area contributed by atoms with E-state index in [0.717, 1.165) is 0 Å². The van der Waals surface area contributed by atoms with E-state index in [-0.39, 0.29) is 12.8 Å². The smallest absolute Gasteiger partial charge is 0.339 e. The number of nitrogens with two attached hydrogens (primary N) is 2. The van der Waals surface area contributed by atoms with Gasteiger partial charge in [-0.1, -0.05) is 25.7 Å². The van der Waals surface area contributed by atoms with Crippen molar-refractivity contribution >= 4 is 8.40 Å². The third kappa shape index (κ3) is 15.9. The highest BCUT2D eigenvalue weighted by Gasteiger charge is 2.28. The zero-order chi connectivity index (χ0) is 16.6. The van der Waals surface area contributed by atoms with Gasteiger partial charge in [0.2, 0.25) is 0 Å². The molecular weight excluding hydrogens is 314 g/mol. The van der Waals surface area contributed by atoms with Gasteiger partial charge in [0.05, 0.1) is 0 Å². The van der Waals surface area contributed by atoms with Gasteiger partial charge in [-0.25, -0.2) is 0 Å². The van der Waals surface area contributed by atoms with E-state index < -0.39 is 33.6 Å². The van der Waals surface area contributed by atoms with Crippen molar-refractivity contribution < 1.29 is 26.3 Å². The van der Waals surface area contributed by atoms with Crippen LogP contribution in [-0.4, -0.2) is 20.7 Å². The van der Waals surface area contributed by atoms with Crippen molar-refractivity contribution in [3.05, 3.63) is 0 Å². The quantitative estimate of drug-likeness (QED) is 0.348. The summed E-state index contributed by atoms with van der Waals surface area (Å²) in [5.41, 5.74) is 0. The summed E-state index contributed by atoms with van der Waals surface area (Å²) in [4.78, 5) is 0. The number of alkyl halides is 6. The van der Waals surface area contributed by atoms with Crippen LogP contribution in [0, 0.1) is 0 Å². The van der Waals surface area contributed by atoms with E-state index in [1.165, 1.54) is 0 Å². The Morgan fingerprint density at radius 1 is 0.571 bits per heavy atom. The van der Waals surface area contributed by atoms with Crippen LogP contribution in [0.15, 0.2) is 0 Å². The Balaban J connectivity index is 3.60. The molecule has 0 aliphatic carbocycles. The van der Waals surface area contributed by atoms with Crippen LogP contribution in [0.5, 0.6) is 0 Å². The third-order valence-corrected chi connectivity index (χ3v) is 5.77. The fourth-order valence-corrected chi connectivity index (χ4v) is 4.10. The van der Waals surface area contributed by atoms with Crippen molar-refractivity contribution in [2.24, 2.45) is 10.8 Å². The van der Waals surface area contributed by atoms with Crippen molar-refractivity contribution in [2.45, 2.75) is 75.8 Å². The van der Waals surface area contributed by atoms with Gasteiger partial charge in [0.15, 0.2) is 8.40 Å². The molecule has 0 bridgehead atoms. The summed E-state index contributed by atoms with van der Waals surface area (Å²) in [5, 5.41) is 11.9. The summed E-state index contributed by atoms with van der Waals surface area (Å²) < 4.78 is 71.5. The first-order valence-electron chi connectivity index (χ1n) is 7.13. The summed E-state index contributed by atoms with van der Waals surface area (Å²) in [6.45, 7) is 0. The molecule has 0 aromatic rings. The van der Waals surface area contributed by atoms with Crippen LogP contribution in [0.2, 0.25) is 12.1 Å². The molecule has 0 aromatic carbocycles. The lowest BCUT2D eigenvalue weighted by molar-refractivity contribution is -0.136. The number of hydrogen-bond donors (Lipinski definition) is 2. The first kappa shape index (κ1) is 20.7. The molecule has 0 aliphatic rings. The van der Waals surface area contributed by atoms with Gasteiger partial charge in [-0.15, -0.1) is 0 Å². The van der Waals surface area contributed by atoms with Gasteiger partial charge in [-0.05, 0) is 24.9 Å². The molecule has 0 spiro atoms. The van der Waals surface area contributed by atoms with Crippen molar-refractivity contribution in [3.63, 3.8) is 0 Å². The first-order valence-corrected chi connectivity index (χ1v) is 9.69. The molecule has 0 unspecified atom stereocenters.